The second-order valence-corrected chi connectivity index (χ2v) is 10.1. The van der Waals surface area contributed by atoms with Crippen molar-refractivity contribution in [2.24, 2.45) is 0 Å². The largest absolute Gasteiger partial charge is 0.433 e. The number of alkyl halides is 3. The van der Waals surface area contributed by atoms with Crippen LogP contribution in [0.3, 0.4) is 0 Å². The Morgan fingerprint density at radius 2 is 1.91 bits per heavy atom. The molecule has 1 amide bonds. The molecule has 1 aliphatic carbocycles. The molecular formula is C24H26F3N5O2S. The van der Waals surface area contributed by atoms with Gasteiger partial charge in [-0.25, -0.2) is 15.0 Å². The van der Waals surface area contributed by atoms with Crippen molar-refractivity contribution in [1.82, 2.24) is 19.9 Å². The number of hydrogen-bond acceptors (Lipinski definition) is 7. The van der Waals surface area contributed by atoms with Gasteiger partial charge in [0.15, 0.2) is 0 Å². The monoisotopic (exact) mass is 505 g/mol. The van der Waals surface area contributed by atoms with Crippen LogP contribution in [-0.2, 0) is 11.0 Å². The number of benzene rings is 1. The summed E-state index contributed by atoms with van der Waals surface area (Å²) >= 11 is 1.54. The molecule has 0 saturated heterocycles. The maximum Gasteiger partial charge on any atom is 0.433 e. The van der Waals surface area contributed by atoms with Gasteiger partial charge in [-0.05, 0) is 61.9 Å². The van der Waals surface area contributed by atoms with Gasteiger partial charge in [-0.2, -0.15) is 13.2 Å². The van der Waals surface area contributed by atoms with Crippen molar-refractivity contribution in [3.63, 3.8) is 0 Å². The van der Waals surface area contributed by atoms with Crippen LogP contribution in [0, 0.1) is 6.92 Å². The lowest BCUT2D eigenvalue weighted by Crippen LogP contribution is -2.48. The van der Waals surface area contributed by atoms with Gasteiger partial charge in [0.25, 0.3) is 5.91 Å². The van der Waals surface area contributed by atoms with Crippen molar-refractivity contribution in [3.05, 3.63) is 52.9 Å². The number of carbonyl (C=O) groups is 1. The molecule has 1 fully saturated rings. The van der Waals surface area contributed by atoms with Gasteiger partial charge in [-0.1, -0.05) is 6.07 Å². The molecule has 186 valence electrons. The van der Waals surface area contributed by atoms with Crippen LogP contribution in [-0.4, -0.2) is 50.6 Å². The van der Waals surface area contributed by atoms with Gasteiger partial charge in [0, 0.05) is 38.1 Å². The summed E-state index contributed by atoms with van der Waals surface area (Å²) < 4.78 is 38.9. The van der Waals surface area contributed by atoms with Crippen molar-refractivity contribution in [3.8, 4) is 10.4 Å². The van der Waals surface area contributed by atoms with Gasteiger partial charge >= 0.3 is 6.18 Å². The zero-order valence-electron chi connectivity index (χ0n) is 19.6. The first-order valence-corrected chi connectivity index (χ1v) is 12.0. The van der Waals surface area contributed by atoms with Gasteiger partial charge in [0.2, 0.25) is 5.95 Å². The Morgan fingerprint density at radius 1 is 1.20 bits per heavy atom. The van der Waals surface area contributed by atoms with E-state index >= 15 is 0 Å². The highest BCUT2D eigenvalue weighted by Crippen LogP contribution is 2.42. The third-order valence-corrected chi connectivity index (χ3v) is 7.26. The minimum absolute atomic E-state index is 0.136. The number of nitrogens with one attached hydrogen (secondary N) is 1. The van der Waals surface area contributed by atoms with Crippen LogP contribution in [0.4, 0.5) is 24.8 Å². The van der Waals surface area contributed by atoms with E-state index in [1.165, 1.54) is 4.90 Å². The number of aliphatic hydroxyl groups is 1. The molecule has 1 aliphatic rings. The van der Waals surface area contributed by atoms with E-state index in [2.05, 4.69) is 20.3 Å². The van der Waals surface area contributed by atoms with Crippen LogP contribution in [0.25, 0.3) is 10.4 Å². The topological polar surface area (TPSA) is 91.2 Å². The summed E-state index contributed by atoms with van der Waals surface area (Å²) in [5.74, 6) is -0.242. The Labute approximate surface area is 205 Å². The molecule has 7 nitrogen and oxygen atoms in total. The highest BCUT2D eigenvalue weighted by molar-refractivity contribution is 7.15. The SMILES string of the molecule is Cc1cc(Nc2nccc(C(F)(F)F)n2)cc(-c2cnc(C3CCC(O)(C(=O)N(C)C)CC3)s2)c1. The Morgan fingerprint density at radius 3 is 2.57 bits per heavy atom. The Bertz CT molecular complexity index is 1220. The van der Waals surface area contributed by atoms with Crippen molar-refractivity contribution in [2.45, 2.75) is 50.3 Å². The van der Waals surface area contributed by atoms with Crippen LogP contribution in [0.15, 0.2) is 36.7 Å². The number of likely N-dealkylation sites (N-methyl/N-ethyl adjacent to an activating group) is 1. The highest BCUT2D eigenvalue weighted by Gasteiger charge is 2.41. The quantitative estimate of drug-likeness (QED) is 0.499. The van der Waals surface area contributed by atoms with Gasteiger partial charge in [-0.15, -0.1) is 11.3 Å². The molecule has 2 heterocycles. The standard InChI is InChI=1S/C24H26F3N5O2S/c1-14-10-16(12-17(11-14)30-22-28-9-6-19(31-22)24(25,26)27)18-13-29-20(35-18)15-4-7-23(34,8-5-15)21(33)32(2)3/h6,9-13,15,34H,4-5,7-8H2,1-3H3,(H,28,30,31). The Kier molecular flexibility index (Phi) is 6.83. The van der Waals surface area contributed by atoms with Crippen LogP contribution in [0.1, 0.15) is 47.9 Å². The molecule has 0 radical (unpaired) electrons. The van der Waals surface area contributed by atoms with E-state index in [1.807, 2.05) is 19.1 Å². The number of anilines is 2. The second kappa shape index (κ2) is 9.54. The summed E-state index contributed by atoms with van der Waals surface area (Å²) in [6, 6.07) is 6.43. The lowest BCUT2D eigenvalue weighted by Gasteiger charge is -2.35. The molecule has 4 rings (SSSR count). The van der Waals surface area contributed by atoms with Crippen LogP contribution < -0.4 is 5.32 Å². The minimum Gasteiger partial charge on any atom is -0.380 e. The number of thiazole rings is 1. The summed E-state index contributed by atoms with van der Waals surface area (Å²) in [6.07, 6.45) is 0.406. The van der Waals surface area contributed by atoms with Crippen LogP contribution in [0.2, 0.25) is 0 Å². The fourth-order valence-corrected chi connectivity index (χ4v) is 5.36. The van der Waals surface area contributed by atoms with E-state index in [9.17, 15) is 23.1 Å². The molecule has 0 bridgehead atoms. The number of carbonyl (C=O) groups excluding carboxylic acids is 1. The summed E-state index contributed by atoms with van der Waals surface area (Å²) in [7, 11) is 3.28. The molecule has 0 unspecified atom stereocenters. The zero-order chi connectivity index (χ0) is 25.4. The maximum absolute atomic E-state index is 13.0. The van der Waals surface area contributed by atoms with E-state index in [0.29, 0.717) is 31.4 Å². The van der Waals surface area contributed by atoms with E-state index in [0.717, 1.165) is 33.3 Å². The lowest BCUT2D eigenvalue weighted by atomic mass is 9.78. The third kappa shape index (κ3) is 5.62. The average molecular weight is 506 g/mol. The molecule has 1 aromatic carbocycles. The number of aryl methyl sites for hydroxylation is 1. The smallest absolute Gasteiger partial charge is 0.380 e. The fourth-order valence-electron chi connectivity index (χ4n) is 4.29. The zero-order valence-corrected chi connectivity index (χ0v) is 20.4. The van der Waals surface area contributed by atoms with Crippen molar-refractivity contribution < 1.29 is 23.1 Å². The highest BCUT2D eigenvalue weighted by atomic mass is 32.1. The van der Waals surface area contributed by atoms with Crippen molar-refractivity contribution >= 4 is 28.9 Å². The van der Waals surface area contributed by atoms with Crippen LogP contribution >= 0.6 is 11.3 Å². The number of hydrogen-bond donors (Lipinski definition) is 2. The first kappa shape index (κ1) is 25.1. The molecule has 2 aromatic heterocycles. The van der Waals surface area contributed by atoms with Gasteiger partial charge < -0.3 is 15.3 Å². The normalized spacial score (nSPS) is 20.5. The Hall–Kier alpha value is -3.05. The maximum atomic E-state index is 13.0. The summed E-state index contributed by atoms with van der Waals surface area (Å²) in [6.45, 7) is 1.90. The number of rotatable bonds is 5. The predicted molar refractivity (Wildman–Crippen MR) is 127 cm³/mol. The second-order valence-electron chi connectivity index (χ2n) is 9.04. The lowest BCUT2D eigenvalue weighted by molar-refractivity contribution is -0.152. The van der Waals surface area contributed by atoms with E-state index in [4.69, 9.17) is 0 Å². The van der Waals surface area contributed by atoms with E-state index < -0.39 is 17.5 Å². The first-order chi connectivity index (χ1) is 16.4. The minimum atomic E-state index is -4.55. The molecule has 11 heteroatoms. The third-order valence-electron chi connectivity index (χ3n) is 6.05. The first-order valence-electron chi connectivity index (χ1n) is 11.1. The molecule has 3 aromatic rings. The molecular weight excluding hydrogens is 479 g/mol. The van der Waals surface area contributed by atoms with Crippen molar-refractivity contribution in [2.75, 3.05) is 19.4 Å². The van der Waals surface area contributed by atoms with Gasteiger partial charge in [-0.3, -0.25) is 4.79 Å². The summed E-state index contributed by atoms with van der Waals surface area (Å²) in [4.78, 5) is 26.7. The molecule has 0 spiro atoms. The number of aromatic nitrogens is 3. The van der Waals surface area contributed by atoms with Crippen molar-refractivity contribution in [1.29, 1.82) is 0 Å². The Balaban J connectivity index is 1.50. The molecule has 0 aliphatic heterocycles. The predicted octanol–water partition coefficient (Wildman–Crippen LogP) is 5.15. The van der Waals surface area contributed by atoms with E-state index in [-0.39, 0.29) is 17.8 Å². The van der Waals surface area contributed by atoms with E-state index in [1.54, 1.807) is 37.7 Å². The number of nitrogens with zero attached hydrogens (tertiary/aromatic N) is 4. The number of halogens is 3. The van der Waals surface area contributed by atoms with Gasteiger partial charge in [0.1, 0.15) is 11.3 Å². The summed E-state index contributed by atoms with van der Waals surface area (Å²) in [5, 5.41) is 14.5. The number of amides is 1. The molecule has 2 N–H and O–H groups in total. The van der Waals surface area contributed by atoms with Gasteiger partial charge in [0.05, 0.1) is 9.88 Å². The fraction of sp³-hybridized carbons (Fsp3) is 0.417. The average Bonchev–Trinajstić information content (AvgIpc) is 3.28. The molecule has 35 heavy (non-hydrogen) atoms. The van der Waals surface area contributed by atoms with Crippen LogP contribution in [0.5, 0.6) is 0 Å². The molecule has 0 atom stereocenters. The summed E-state index contributed by atoms with van der Waals surface area (Å²) in [5.41, 5.74) is 0.0268. The molecule has 1 saturated carbocycles.